The van der Waals surface area contributed by atoms with Gasteiger partial charge in [-0.2, -0.15) is 0 Å². The van der Waals surface area contributed by atoms with Crippen molar-refractivity contribution in [2.75, 3.05) is 6.54 Å². The molecule has 0 spiro atoms. The number of hydrogen-bond acceptors (Lipinski definition) is 3. The number of thiophene rings is 1. The van der Waals surface area contributed by atoms with Crippen molar-refractivity contribution in [3.8, 4) is 0 Å². The summed E-state index contributed by atoms with van der Waals surface area (Å²) in [6.07, 6.45) is 2.62. The molecule has 0 fully saturated rings. The lowest BCUT2D eigenvalue weighted by Crippen LogP contribution is -2.32. The molecular formula is C17H19N3OS. The van der Waals surface area contributed by atoms with Crippen LogP contribution in [-0.2, 0) is 11.2 Å². The van der Waals surface area contributed by atoms with E-state index in [4.69, 9.17) is 0 Å². The molecule has 1 N–H and O–H groups in total. The molecule has 0 aliphatic carbocycles. The van der Waals surface area contributed by atoms with Gasteiger partial charge in [-0.3, -0.25) is 4.79 Å². The minimum atomic E-state index is -0.267. The number of para-hydroxylation sites is 2. The highest BCUT2D eigenvalue weighted by Crippen LogP contribution is 2.18. The lowest BCUT2D eigenvalue weighted by molar-refractivity contribution is -0.123. The minimum absolute atomic E-state index is 0.0253. The molecule has 2 aromatic heterocycles. The lowest BCUT2D eigenvalue weighted by atomic mass is 10.2. The van der Waals surface area contributed by atoms with E-state index in [2.05, 4.69) is 28.7 Å². The van der Waals surface area contributed by atoms with Gasteiger partial charge >= 0.3 is 0 Å². The first-order valence-electron chi connectivity index (χ1n) is 7.39. The first-order valence-corrected chi connectivity index (χ1v) is 8.27. The second-order valence-electron chi connectivity index (χ2n) is 5.38. The van der Waals surface area contributed by atoms with Gasteiger partial charge in [-0.15, -0.1) is 11.3 Å². The number of amides is 1. The number of nitrogens with zero attached hydrogens (tertiary/aromatic N) is 2. The summed E-state index contributed by atoms with van der Waals surface area (Å²) in [6.45, 7) is 4.67. The SMILES string of the molecule is Cc1ccsc1CCNC(=O)C(C)n1cnc2ccccc21. The number of benzene rings is 1. The monoisotopic (exact) mass is 313 g/mol. The van der Waals surface area contributed by atoms with Crippen LogP contribution in [0.2, 0.25) is 0 Å². The summed E-state index contributed by atoms with van der Waals surface area (Å²) in [5.41, 5.74) is 3.20. The molecule has 0 radical (unpaired) electrons. The molecule has 3 rings (SSSR count). The van der Waals surface area contributed by atoms with E-state index in [0.29, 0.717) is 6.54 Å². The fourth-order valence-corrected chi connectivity index (χ4v) is 3.43. The fourth-order valence-electron chi connectivity index (χ4n) is 2.52. The lowest BCUT2D eigenvalue weighted by Gasteiger charge is -2.14. The highest BCUT2D eigenvalue weighted by molar-refractivity contribution is 7.10. The minimum Gasteiger partial charge on any atom is -0.354 e. The normalized spacial score (nSPS) is 12.5. The molecule has 0 bridgehead atoms. The van der Waals surface area contributed by atoms with Crippen LogP contribution >= 0.6 is 11.3 Å². The number of carbonyl (C=O) groups excluding carboxylic acids is 1. The number of aryl methyl sites for hydroxylation is 1. The van der Waals surface area contributed by atoms with Crippen molar-refractivity contribution in [3.63, 3.8) is 0 Å². The number of fused-ring (bicyclic) bond motifs is 1. The molecular weight excluding hydrogens is 294 g/mol. The van der Waals surface area contributed by atoms with E-state index in [1.165, 1.54) is 10.4 Å². The van der Waals surface area contributed by atoms with Gasteiger partial charge < -0.3 is 9.88 Å². The average Bonchev–Trinajstić information content (AvgIpc) is 3.13. The Hall–Kier alpha value is -2.14. The van der Waals surface area contributed by atoms with Crippen LogP contribution < -0.4 is 5.32 Å². The molecule has 1 atom stereocenters. The zero-order valence-electron chi connectivity index (χ0n) is 12.7. The summed E-state index contributed by atoms with van der Waals surface area (Å²) in [7, 11) is 0. The molecule has 0 saturated carbocycles. The van der Waals surface area contributed by atoms with Crippen molar-refractivity contribution in [3.05, 3.63) is 52.5 Å². The molecule has 1 unspecified atom stereocenters. The predicted molar refractivity (Wildman–Crippen MR) is 90.2 cm³/mol. The van der Waals surface area contributed by atoms with E-state index in [0.717, 1.165) is 17.5 Å². The Kier molecular flexibility index (Phi) is 4.24. The highest BCUT2D eigenvalue weighted by Gasteiger charge is 2.16. The molecule has 4 nitrogen and oxygen atoms in total. The first-order chi connectivity index (χ1) is 10.7. The largest absolute Gasteiger partial charge is 0.354 e. The van der Waals surface area contributed by atoms with Crippen LogP contribution in [-0.4, -0.2) is 22.0 Å². The van der Waals surface area contributed by atoms with Gasteiger partial charge in [0.2, 0.25) is 5.91 Å². The Balaban J connectivity index is 1.63. The third-order valence-corrected chi connectivity index (χ3v) is 4.98. The number of nitrogens with one attached hydrogen (secondary N) is 1. The standard InChI is InChI=1S/C17H19N3OS/c1-12-8-10-22-16(12)7-9-18-17(21)13(2)20-11-19-14-5-3-4-6-15(14)20/h3-6,8,10-11,13H,7,9H2,1-2H3,(H,18,21). The van der Waals surface area contributed by atoms with Crippen LogP contribution in [0.25, 0.3) is 11.0 Å². The van der Waals surface area contributed by atoms with Crippen LogP contribution in [0, 0.1) is 6.92 Å². The summed E-state index contributed by atoms with van der Waals surface area (Å²) < 4.78 is 1.92. The van der Waals surface area contributed by atoms with Crippen molar-refractivity contribution in [1.29, 1.82) is 0 Å². The van der Waals surface area contributed by atoms with Gasteiger partial charge in [0.05, 0.1) is 17.4 Å². The Morgan fingerprint density at radius 1 is 1.36 bits per heavy atom. The molecule has 22 heavy (non-hydrogen) atoms. The van der Waals surface area contributed by atoms with Gasteiger partial charge in [-0.25, -0.2) is 4.98 Å². The van der Waals surface area contributed by atoms with E-state index >= 15 is 0 Å². The number of aromatic nitrogens is 2. The molecule has 2 heterocycles. The van der Waals surface area contributed by atoms with Crippen molar-refractivity contribution in [2.45, 2.75) is 26.3 Å². The maximum absolute atomic E-state index is 12.3. The molecule has 3 aromatic rings. The maximum atomic E-state index is 12.3. The topological polar surface area (TPSA) is 46.9 Å². The van der Waals surface area contributed by atoms with Gasteiger partial charge in [0, 0.05) is 11.4 Å². The first kappa shape index (κ1) is 14.8. The third-order valence-electron chi connectivity index (χ3n) is 3.90. The Morgan fingerprint density at radius 3 is 2.95 bits per heavy atom. The predicted octanol–water partition coefficient (Wildman–Crippen LogP) is 3.33. The zero-order valence-corrected chi connectivity index (χ0v) is 13.6. The van der Waals surface area contributed by atoms with Crippen LogP contribution in [0.3, 0.4) is 0 Å². The van der Waals surface area contributed by atoms with Gasteiger partial charge in [-0.1, -0.05) is 12.1 Å². The molecule has 114 valence electrons. The van der Waals surface area contributed by atoms with Gasteiger partial charge in [0.25, 0.3) is 0 Å². The number of rotatable bonds is 5. The van der Waals surface area contributed by atoms with E-state index in [1.54, 1.807) is 17.7 Å². The summed E-state index contributed by atoms with van der Waals surface area (Å²) in [6, 6.07) is 9.70. The molecule has 0 aliphatic rings. The quantitative estimate of drug-likeness (QED) is 0.785. The van der Waals surface area contributed by atoms with Crippen LogP contribution in [0.15, 0.2) is 42.0 Å². The Labute approximate surface area is 133 Å². The number of carbonyl (C=O) groups is 1. The van der Waals surface area contributed by atoms with Gasteiger partial charge in [-0.05, 0) is 49.4 Å². The molecule has 0 aliphatic heterocycles. The smallest absolute Gasteiger partial charge is 0.242 e. The van der Waals surface area contributed by atoms with E-state index in [1.807, 2.05) is 35.8 Å². The highest BCUT2D eigenvalue weighted by atomic mass is 32.1. The average molecular weight is 313 g/mol. The van der Waals surface area contributed by atoms with Crippen molar-refractivity contribution in [2.24, 2.45) is 0 Å². The van der Waals surface area contributed by atoms with Crippen LogP contribution in [0.1, 0.15) is 23.4 Å². The maximum Gasteiger partial charge on any atom is 0.242 e. The fraction of sp³-hybridized carbons (Fsp3) is 0.294. The summed E-state index contributed by atoms with van der Waals surface area (Å²) in [4.78, 5) is 18.0. The van der Waals surface area contributed by atoms with Crippen molar-refractivity contribution in [1.82, 2.24) is 14.9 Å². The second kappa shape index (κ2) is 6.32. The zero-order chi connectivity index (χ0) is 15.5. The summed E-state index contributed by atoms with van der Waals surface area (Å²) in [5.74, 6) is 0.0253. The van der Waals surface area contributed by atoms with E-state index in [-0.39, 0.29) is 11.9 Å². The Bertz CT molecular complexity index is 790. The third kappa shape index (κ3) is 2.90. The summed E-state index contributed by atoms with van der Waals surface area (Å²) >= 11 is 1.74. The molecule has 5 heteroatoms. The number of hydrogen-bond donors (Lipinski definition) is 1. The summed E-state index contributed by atoms with van der Waals surface area (Å²) in [5, 5.41) is 5.11. The Morgan fingerprint density at radius 2 is 2.18 bits per heavy atom. The number of imidazole rings is 1. The van der Waals surface area contributed by atoms with Crippen LogP contribution in [0.4, 0.5) is 0 Å². The molecule has 1 aromatic carbocycles. The van der Waals surface area contributed by atoms with Crippen molar-refractivity contribution >= 4 is 28.3 Å². The van der Waals surface area contributed by atoms with Crippen molar-refractivity contribution < 1.29 is 4.79 Å². The van der Waals surface area contributed by atoms with E-state index < -0.39 is 0 Å². The molecule has 0 saturated heterocycles. The van der Waals surface area contributed by atoms with Gasteiger partial charge in [0.1, 0.15) is 6.04 Å². The van der Waals surface area contributed by atoms with Crippen LogP contribution in [0.5, 0.6) is 0 Å². The van der Waals surface area contributed by atoms with Gasteiger partial charge in [0.15, 0.2) is 0 Å². The molecule has 1 amide bonds. The van der Waals surface area contributed by atoms with E-state index in [9.17, 15) is 4.79 Å². The second-order valence-corrected chi connectivity index (χ2v) is 6.39.